The number of hydrogen-bond acceptors (Lipinski definition) is 6. The largest absolute Gasteiger partial charge is 0.503 e. The number of Topliss-reactive ketones (excluding diaryl/α,β-unsaturated/α-hetero) is 1. The van der Waals surface area contributed by atoms with Crippen molar-refractivity contribution in [3.05, 3.63) is 94.6 Å². The number of aryl methyl sites for hydroxylation is 1. The number of amides is 1. The van der Waals surface area contributed by atoms with E-state index in [9.17, 15) is 14.7 Å². The van der Waals surface area contributed by atoms with Crippen LogP contribution < -0.4 is 9.47 Å². The van der Waals surface area contributed by atoms with Crippen molar-refractivity contribution in [3.8, 4) is 11.5 Å². The van der Waals surface area contributed by atoms with Gasteiger partial charge in [-0.25, -0.2) is 0 Å². The molecule has 0 aliphatic carbocycles. The maximum atomic E-state index is 13.5. The third-order valence-corrected chi connectivity index (χ3v) is 6.05. The Hall–Kier alpha value is -4.00. The van der Waals surface area contributed by atoms with E-state index in [1.54, 1.807) is 37.3 Å². The van der Waals surface area contributed by atoms with E-state index in [2.05, 4.69) is 6.92 Å². The van der Waals surface area contributed by atoms with Crippen LogP contribution in [-0.4, -0.2) is 34.9 Å². The summed E-state index contributed by atoms with van der Waals surface area (Å²) in [5, 5.41) is 10.9. The van der Waals surface area contributed by atoms with Gasteiger partial charge in [-0.2, -0.15) is 0 Å². The molecule has 36 heavy (non-hydrogen) atoms. The molecule has 1 amide bonds. The quantitative estimate of drug-likeness (QED) is 0.265. The molecule has 7 heteroatoms. The van der Waals surface area contributed by atoms with Crippen molar-refractivity contribution in [3.63, 3.8) is 0 Å². The van der Waals surface area contributed by atoms with E-state index >= 15 is 0 Å². The van der Waals surface area contributed by atoms with Gasteiger partial charge in [-0.1, -0.05) is 49.7 Å². The maximum absolute atomic E-state index is 13.5. The third-order valence-electron chi connectivity index (χ3n) is 6.05. The number of aliphatic hydroxyl groups is 1. The fourth-order valence-corrected chi connectivity index (χ4v) is 4.27. The lowest BCUT2D eigenvalue weighted by molar-refractivity contribution is -0.130. The van der Waals surface area contributed by atoms with Crippen LogP contribution in [0.15, 0.2) is 76.4 Å². The van der Waals surface area contributed by atoms with Crippen LogP contribution in [0.25, 0.3) is 0 Å². The van der Waals surface area contributed by atoms with Gasteiger partial charge >= 0.3 is 0 Å². The van der Waals surface area contributed by atoms with Crippen molar-refractivity contribution in [2.24, 2.45) is 0 Å². The molecule has 2 aromatic carbocycles. The van der Waals surface area contributed by atoms with Crippen molar-refractivity contribution in [2.45, 2.75) is 46.2 Å². The summed E-state index contributed by atoms with van der Waals surface area (Å²) in [5.41, 5.74) is 1.48. The number of hydrogen-bond donors (Lipinski definition) is 1. The molecule has 0 fully saturated rings. The first-order valence-electron chi connectivity index (χ1n) is 12.2. The van der Waals surface area contributed by atoms with Crippen LogP contribution in [0.4, 0.5) is 0 Å². The van der Waals surface area contributed by atoms with Gasteiger partial charge in [0.2, 0.25) is 5.78 Å². The summed E-state index contributed by atoms with van der Waals surface area (Å²) in [6, 6.07) is 17.2. The van der Waals surface area contributed by atoms with E-state index in [1.807, 2.05) is 37.3 Å². The Kier molecular flexibility index (Phi) is 7.78. The highest BCUT2D eigenvalue weighted by Gasteiger charge is 2.44. The number of carbonyl (C=O) groups excluding carboxylic acids is 2. The lowest BCUT2D eigenvalue weighted by Crippen LogP contribution is -2.30. The van der Waals surface area contributed by atoms with E-state index in [0.717, 1.165) is 18.4 Å². The van der Waals surface area contributed by atoms with Gasteiger partial charge in [0.1, 0.15) is 5.76 Å². The van der Waals surface area contributed by atoms with Crippen LogP contribution in [0.5, 0.6) is 11.5 Å². The minimum atomic E-state index is -0.834. The van der Waals surface area contributed by atoms with Gasteiger partial charge in [0.25, 0.3) is 5.91 Å². The first-order chi connectivity index (χ1) is 17.4. The molecular formula is C29H31NO6. The summed E-state index contributed by atoms with van der Waals surface area (Å²) in [4.78, 5) is 28.3. The summed E-state index contributed by atoms with van der Waals surface area (Å²) in [6.07, 6.45) is 1.91. The number of carbonyl (C=O) groups is 2. The average molecular weight is 490 g/mol. The smallest absolute Gasteiger partial charge is 0.290 e. The molecule has 1 aromatic heterocycles. The maximum Gasteiger partial charge on any atom is 0.290 e. The summed E-state index contributed by atoms with van der Waals surface area (Å²) >= 11 is 0. The van der Waals surface area contributed by atoms with E-state index < -0.39 is 23.5 Å². The second-order valence-electron chi connectivity index (χ2n) is 8.66. The molecule has 1 unspecified atom stereocenters. The van der Waals surface area contributed by atoms with E-state index in [-0.39, 0.29) is 17.9 Å². The molecule has 188 valence electrons. The van der Waals surface area contributed by atoms with Crippen LogP contribution >= 0.6 is 0 Å². The molecule has 0 bridgehead atoms. The molecule has 1 aliphatic heterocycles. The molecule has 0 saturated carbocycles. The first-order valence-corrected chi connectivity index (χ1v) is 12.2. The van der Waals surface area contributed by atoms with E-state index in [1.165, 1.54) is 4.90 Å². The van der Waals surface area contributed by atoms with Crippen molar-refractivity contribution < 1.29 is 28.6 Å². The molecule has 1 aliphatic rings. The average Bonchev–Trinajstić information content (AvgIpc) is 3.42. The number of benzene rings is 2. The van der Waals surface area contributed by atoms with Crippen molar-refractivity contribution >= 4 is 11.7 Å². The monoisotopic (exact) mass is 489 g/mol. The van der Waals surface area contributed by atoms with Crippen LogP contribution in [0.3, 0.4) is 0 Å². The topological polar surface area (TPSA) is 89.2 Å². The zero-order valence-electron chi connectivity index (χ0n) is 20.8. The summed E-state index contributed by atoms with van der Waals surface area (Å²) in [5.74, 6) is 0.0234. The molecule has 0 radical (unpaired) electrons. The van der Waals surface area contributed by atoms with E-state index in [0.29, 0.717) is 36.0 Å². The van der Waals surface area contributed by atoms with Crippen molar-refractivity contribution in [1.29, 1.82) is 0 Å². The SMILES string of the molecule is CCCCOc1ccc(C2C(C(=O)c3ccc(C)o3)=C(O)C(=O)N2Cc2ccccc2)cc1OCC. The molecule has 1 N–H and O–H groups in total. The number of ether oxygens (including phenoxy) is 2. The Bertz CT molecular complexity index is 1260. The molecule has 4 rings (SSSR count). The van der Waals surface area contributed by atoms with Crippen molar-refractivity contribution in [2.75, 3.05) is 13.2 Å². The fourth-order valence-electron chi connectivity index (χ4n) is 4.27. The standard InChI is InChI=1S/C29H31NO6/c1-4-6-16-35-22-15-13-21(17-24(22)34-5-2)26-25(27(31)23-14-12-19(3)36-23)28(32)29(33)30(26)18-20-10-8-7-9-11-20/h7-15,17,26,32H,4-6,16,18H2,1-3H3. The molecule has 1 atom stereocenters. The Morgan fingerprint density at radius 2 is 1.81 bits per heavy atom. The molecule has 2 heterocycles. The molecular weight excluding hydrogens is 458 g/mol. The predicted molar refractivity (Wildman–Crippen MR) is 135 cm³/mol. The molecule has 0 spiro atoms. The highest BCUT2D eigenvalue weighted by Crippen LogP contribution is 2.42. The predicted octanol–water partition coefficient (Wildman–Crippen LogP) is 5.94. The van der Waals surface area contributed by atoms with Crippen LogP contribution in [0, 0.1) is 6.92 Å². The van der Waals surface area contributed by atoms with Crippen LogP contribution in [0.1, 0.15) is 60.2 Å². The zero-order valence-corrected chi connectivity index (χ0v) is 20.8. The highest BCUT2D eigenvalue weighted by molar-refractivity contribution is 6.15. The normalized spacial score (nSPS) is 15.5. The van der Waals surface area contributed by atoms with Gasteiger partial charge in [0.15, 0.2) is 23.0 Å². The van der Waals surface area contributed by atoms with Crippen LogP contribution in [-0.2, 0) is 11.3 Å². The summed E-state index contributed by atoms with van der Waals surface area (Å²) in [6.45, 7) is 6.88. The zero-order chi connectivity index (χ0) is 25.7. The van der Waals surface area contributed by atoms with Gasteiger partial charge in [0, 0.05) is 6.54 Å². The minimum absolute atomic E-state index is 0.0209. The van der Waals surface area contributed by atoms with Gasteiger partial charge in [-0.15, -0.1) is 0 Å². The molecule has 3 aromatic rings. The van der Waals surface area contributed by atoms with E-state index in [4.69, 9.17) is 13.9 Å². The number of rotatable bonds is 11. The van der Waals surface area contributed by atoms with Crippen molar-refractivity contribution in [1.82, 2.24) is 4.90 Å². The number of aliphatic hydroxyl groups excluding tert-OH is 1. The second kappa shape index (κ2) is 11.2. The fraction of sp³-hybridized carbons (Fsp3) is 0.310. The number of unbranched alkanes of at least 4 members (excludes halogenated alkanes) is 1. The lowest BCUT2D eigenvalue weighted by Gasteiger charge is -2.27. The molecule has 0 saturated heterocycles. The Labute approximate surface area is 210 Å². The number of nitrogens with zero attached hydrogens (tertiary/aromatic N) is 1. The summed E-state index contributed by atoms with van der Waals surface area (Å²) < 4.78 is 17.3. The second-order valence-corrected chi connectivity index (χ2v) is 8.66. The number of ketones is 1. The van der Waals surface area contributed by atoms with Gasteiger partial charge in [0.05, 0.1) is 24.8 Å². The Morgan fingerprint density at radius 3 is 2.47 bits per heavy atom. The van der Waals surface area contributed by atoms with Gasteiger partial charge < -0.3 is 23.9 Å². The van der Waals surface area contributed by atoms with Gasteiger partial charge in [-0.3, -0.25) is 9.59 Å². The minimum Gasteiger partial charge on any atom is -0.503 e. The third kappa shape index (κ3) is 5.15. The van der Waals surface area contributed by atoms with Gasteiger partial charge in [-0.05, 0) is 55.7 Å². The Morgan fingerprint density at radius 1 is 1.03 bits per heavy atom. The highest BCUT2D eigenvalue weighted by atomic mass is 16.5. The number of furan rings is 1. The lowest BCUT2D eigenvalue weighted by atomic mass is 9.94. The van der Waals surface area contributed by atoms with Crippen LogP contribution in [0.2, 0.25) is 0 Å². The molecule has 7 nitrogen and oxygen atoms in total. The summed E-state index contributed by atoms with van der Waals surface area (Å²) in [7, 11) is 0. The first kappa shape index (κ1) is 25.1. The Balaban J connectivity index is 1.78.